The summed E-state index contributed by atoms with van der Waals surface area (Å²) in [7, 11) is 1.66. The number of amides is 1. The number of carbonyl (C=O) groups excluding carboxylic acids is 1. The molecule has 0 radical (unpaired) electrons. The smallest absolute Gasteiger partial charge is 0.222 e. The molecule has 0 N–H and O–H groups in total. The van der Waals surface area contributed by atoms with Gasteiger partial charge in [-0.15, -0.1) is 0 Å². The molecule has 1 amide bonds. The van der Waals surface area contributed by atoms with Crippen LogP contribution >= 0.6 is 0 Å². The van der Waals surface area contributed by atoms with E-state index in [-0.39, 0.29) is 5.91 Å². The van der Waals surface area contributed by atoms with Crippen LogP contribution in [-0.2, 0) is 20.7 Å². The maximum absolute atomic E-state index is 12.4. The van der Waals surface area contributed by atoms with Gasteiger partial charge in [-0.25, -0.2) is 0 Å². The number of ether oxygens (including phenoxy) is 3. The number of hydrogen-bond acceptors (Lipinski definition) is 4. The molecule has 126 valence electrons. The van der Waals surface area contributed by atoms with E-state index in [1.54, 1.807) is 7.11 Å². The van der Waals surface area contributed by atoms with Gasteiger partial charge in [-0.3, -0.25) is 4.79 Å². The van der Waals surface area contributed by atoms with Crippen LogP contribution in [0.3, 0.4) is 0 Å². The Hall–Kier alpha value is -1.59. The molecule has 1 spiro atoms. The van der Waals surface area contributed by atoms with Gasteiger partial charge in [0.25, 0.3) is 0 Å². The van der Waals surface area contributed by atoms with Crippen molar-refractivity contribution in [3.63, 3.8) is 0 Å². The number of carbonyl (C=O) groups is 1. The van der Waals surface area contributed by atoms with Gasteiger partial charge in [-0.1, -0.05) is 12.1 Å². The van der Waals surface area contributed by atoms with Crippen LogP contribution in [0.2, 0.25) is 0 Å². The number of hydrogen-bond donors (Lipinski definition) is 0. The molecule has 0 bridgehead atoms. The van der Waals surface area contributed by atoms with Crippen LogP contribution in [0.4, 0.5) is 0 Å². The van der Waals surface area contributed by atoms with Gasteiger partial charge >= 0.3 is 0 Å². The van der Waals surface area contributed by atoms with E-state index in [1.807, 2.05) is 29.2 Å². The van der Waals surface area contributed by atoms with Gasteiger partial charge in [0.15, 0.2) is 5.79 Å². The summed E-state index contributed by atoms with van der Waals surface area (Å²) < 4.78 is 16.8. The highest BCUT2D eigenvalue weighted by Crippen LogP contribution is 2.31. The number of likely N-dealkylation sites (tertiary alicyclic amines) is 1. The number of nitrogens with zero attached hydrogens (tertiary/aromatic N) is 1. The van der Waals surface area contributed by atoms with Crippen LogP contribution in [0.5, 0.6) is 5.75 Å². The molecule has 5 nitrogen and oxygen atoms in total. The molecule has 23 heavy (non-hydrogen) atoms. The van der Waals surface area contributed by atoms with E-state index >= 15 is 0 Å². The van der Waals surface area contributed by atoms with Crippen molar-refractivity contribution in [2.24, 2.45) is 0 Å². The highest BCUT2D eigenvalue weighted by atomic mass is 16.7. The Balaban J connectivity index is 1.47. The highest BCUT2D eigenvalue weighted by molar-refractivity contribution is 5.76. The number of methoxy groups -OCH3 is 1. The van der Waals surface area contributed by atoms with Crippen LogP contribution in [0.25, 0.3) is 0 Å². The third kappa shape index (κ3) is 4.03. The van der Waals surface area contributed by atoms with Gasteiger partial charge in [-0.05, 0) is 30.5 Å². The molecule has 0 unspecified atom stereocenters. The van der Waals surface area contributed by atoms with Crippen molar-refractivity contribution < 1.29 is 19.0 Å². The van der Waals surface area contributed by atoms with E-state index in [0.717, 1.165) is 63.3 Å². The van der Waals surface area contributed by atoms with Gasteiger partial charge in [-0.2, -0.15) is 0 Å². The zero-order valence-corrected chi connectivity index (χ0v) is 13.8. The second kappa shape index (κ2) is 7.32. The zero-order valence-electron chi connectivity index (χ0n) is 13.8. The Morgan fingerprint density at radius 2 is 2.00 bits per heavy atom. The van der Waals surface area contributed by atoms with E-state index in [1.165, 1.54) is 0 Å². The lowest BCUT2D eigenvalue weighted by Crippen LogP contribution is -2.51. The number of rotatable bonds is 4. The fraction of sp³-hybridized carbons (Fsp3) is 0.611. The minimum absolute atomic E-state index is 0.207. The summed E-state index contributed by atoms with van der Waals surface area (Å²) in [5.41, 5.74) is 1.13. The Bertz CT molecular complexity index is 530. The summed E-state index contributed by atoms with van der Waals surface area (Å²) in [5, 5.41) is 0. The molecule has 1 aromatic carbocycles. The molecule has 3 rings (SSSR count). The van der Waals surface area contributed by atoms with Gasteiger partial charge in [0.05, 0.1) is 20.3 Å². The Labute approximate surface area is 137 Å². The summed E-state index contributed by atoms with van der Waals surface area (Å²) in [5.74, 6) is 0.613. The molecule has 2 aliphatic rings. The molecule has 5 heteroatoms. The third-order valence-corrected chi connectivity index (χ3v) is 4.66. The van der Waals surface area contributed by atoms with Gasteiger partial charge in [0, 0.05) is 32.4 Å². The predicted octanol–water partition coefficient (Wildman–Crippen LogP) is 2.38. The van der Waals surface area contributed by atoms with Crippen LogP contribution < -0.4 is 4.74 Å². The molecule has 2 heterocycles. The average molecular weight is 319 g/mol. The zero-order chi connectivity index (χ0) is 16.1. The molecule has 2 saturated heterocycles. The van der Waals surface area contributed by atoms with Crippen molar-refractivity contribution in [2.45, 2.75) is 37.9 Å². The molecular weight excluding hydrogens is 294 g/mol. The second-order valence-electron chi connectivity index (χ2n) is 6.19. The van der Waals surface area contributed by atoms with Gasteiger partial charge in [0.2, 0.25) is 5.91 Å². The van der Waals surface area contributed by atoms with Crippen molar-refractivity contribution in [3.8, 4) is 5.75 Å². The monoisotopic (exact) mass is 319 g/mol. The number of benzene rings is 1. The van der Waals surface area contributed by atoms with Crippen molar-refractivity contribution in [3.05, 3.63) is 29.8 Å². The van der Waals surface area contributed by atoms with Crippen LogP contribution in [-0.4, -0.2) is 50.0 Å². The normalized spacial score (nSPS) is 20.5. The number of piperidine rings is 1. The summed E-state index contributed by atoms with van der Waals surface area (Å²) in [6.45, 7) is 2.97. The first-order valence-corrected chi connectivity index (χ1v) is 8.39. The standard InChI is InChI=1S/C18H25NO4/c1-21-16-5-2-4-15(14-16)6-7-17(20)19-10-8-18(9-11-19)22-12-3-13-23-18/h2,4-5,14H,3,6-13H2,1H3. The van der Waals surface area contributed by atoms with Crippen molar-refractivity contribution in [1.29, 1.82) is 0 Å². The van der Waals surface area contributed by atoms with Crippen LogP contribution in [0.1, 0.15) is 31.2 Å². The second-order valence-corrected chi connectivity index (χ2v) is 6.19. The van der Waals surface area contributed by atoms with Crippen molar-refractivity contribution >= 4 is 5.91 Å². The predicted molar refractivity (Wildman–Crippen MR) is 86.4 cm³/mol. The SMILES string of the molecule is COc1cccc(CCC(=O)N2CCC3(CC2)OCCCO3)c1. The topological polar surface area (TPSA) is 48.0 Å². The molecule has 0 aliphatic carbocycles. The average Bonchev–Trinajstić information content (AvgIpc) is 2.61. The van der Waals surface area contributed by atoms with E-state index in [0.29, 0.717) is 6.42 Å². The number of aryl methyl sites for hydroxylation is 1. The fourth-order valence-corrected chi connectivity index (χ4v) is 3.24. The van der Waals surface area contributed by atoms with E-state index in [2.05, 4.69) is 0 Å². The molecular formula is C18H25NO4. The fourth-order valence-electron chi connectivity index (χ4n) is 3.24. The first-order chi connectivity index (χ1) is 11.2. The molecule has 2 fully saturated rings. The maximum atomic E-state index is 12.4. The van der Waals surface area contributed by atoms with E-state index < -0.39 is 5.79 Å². The Morgan fingerprint density at radius 3 is 2.70 bits per heavy atom. The van der Waals surface area contributed by atoms with Crippen LogP contribution in [0.15, 0.2) is 24.3 Å². The minimum atomic E-state index is -0.429. The lowest BCUT2D eigenvalue weighted by atomic mass is 10.0. The highest BCUT2D eigenvalue weighted by Gasteiger charge is 2.39. The Kier molecular flexibility index (Phi) is 5.18. The summed E-state index contributed by atoms with van der Waals surface area (Å²) >= 11 is 0. The molecule has 0 atom stereocenters. The van der Waals surface area contributed by atoms with Crippen molar-refractivity contribution in [1.82, 2.24) is 4.90 Å². The summed E-state index contributed by atoms with van der Waals surface area (Å²) in [6.07, 6.45) is 3.79. The summed E-state index contributed by atoms with van der Waals surface area (Å²) in [6, 6.07) is 7.90. The van der Waals surface area contributed by atoms with E-state index in [9.17, 15) is 4.79 Å². The summed E-state index contributed by atoms with van der Waals surface area (Å²) in [4.78, 5) is 14.3. The third-order valence-electron chi connectivity index (χ3n) is 4.66. The Morgan fingerprint density at radius 1 is 1.26 bits per heavy atom. The molecule has 2 aliphatic heterocycles. The quantitative estimate of drug-likeness (QED) is 0.855. The minimum Gasteiger partial charge on any atom is -0.497 e. The van der Waals surface area contributed by atoms with Gasteiger partial charge < -0.3 is 19.1 Å². The maximum Gasteiger partial charge on any atom is 0.222 e. The first kappa shape index (κ1) is 16.3. The lowest BCUT2D eigenvalue weighted by Gasteiger charge is -2.43. The van der Waals surface area contributed by atoms with Crippen molar-refractivity contribution in [2.75, 3.05) is 33.4 Å². The van der Waals surface area contributed by atoms with Crippen LogP contribution in [0, 0.1) is 0 Å². The molecule has 0 aromatic heterocycles. The lowest BCUT2D eigenvalue weighted by molar-refractivity contribution is -0.282. The largest absolute Gasteiger partial charge is 0.497 e. The van der Waals surface area contributed by atoms with Gasteiger partial charge in [0.1, 0.15) is 5.75 Å². The first-order valence-electron chi connectivity index (χ1n) is 8.39. The molecule has 0 saturated carbocycles. The van der Waals surface area contributed by atoms with E-state index in [4.69, 9.17) is 14.2 Å². The molecule has 1 aromatic rings.